The van der Waals surface area contributed by atoms with Gasteiger partial charge >= 0.3 is 0 Å². The van der Waals surface area contributed by atoms with E-state index in [-0.39, 0.29) is 16.5 Å². The summed E-state index contributed by atoms with van der Waals surface area (Å²) in [7, 11) is -2.55. The lowest BCUT2D eigenvalue weighted by Crippen LogP contribution is -2.14. The van der Waals surface area contributed by atoms with E-state index in [1.807, 2.05) is 6.92 Å². The Balaban J connectivity index is 1.98. The molecule has 0 atom stereocenters. The number of sulfonamides is 1. The van der Waals surface area contributed by atoms with E-state index in [9.17, 15) is 17.2 Å². The molecule has 1 fully saturated rings. The summed E-state index contributed by atoms with van der Waals surface area (Å²) in [6.07, 6.45) is 1.57. The fraction of sp³-hybridized carbons (Fsp3) is 0.538. The maximum atomic E-state index is 13.0. The van der Waals surface area contributed by atoms with E-state index in [1.54, 1.807) is 4.68 Å². The number of aryl methyl sites for hydroxylation is 2. The van der Waals surface area contributed by atoms with Crippen LogP contribution in [-0.2, 0) is 23.6 Å². The SMILES string of the molecule is CCn1cc(S(=O)(=O)Nc2cn(C)nc2C(F)F)c(C2CC2)n1. The van der Waals surface area contributed by atoms with E-state index in [2.05, 4.69) is 14.9 Å². The Morgan fingerprint density at radius 3 is 2.61 bits per heavy atom. The van der Waals surface area contributed by atoms with Gasteiger partial charge in [-0.05, 0) is 19.8 Å². The fourth-order valence-electron chi connectivity index (χ4n) is 2.37. The molecule has 0 saturated heterocycles. The molecule has 1 aliphatic carbocycles. The number of halogens is 2. The first kappa shape index (κ1) is 15.9. The summed E-state index contributed by atoms with van der Waals surface area (Å²) >= 11 is 0. The third-order valence-electron chi connectivity index (χ3n) is 3.64. The summed E-state index contributed by atoms with van der Waals surface area (Å²) in [6, 6.07) is 0. The van der Waals surface area contributed by atoms with E-state index in [4.69, 9.17) is 0 Å². The molecule has 7 nitrogen and oxygen atoms in total. The molecule has 2 aromatic heterocycles. The van der Waals surface area contributed by atoms with Gasteiger partial charge in [-0.1, -0.05) is 0 Å². The van der Waals surface area contributed by atoms with Crippen molar-refractivity contribution in [3.63, 3.8) is 0 Å². The molecule has 126 valence electrons. The predicted octanol–water partition coefficient (Wildman–Crippen LogP) is 2.25. The molecule has 0 bridgehead atoms. The molecule has 0 aliphatic heterocycles. The van der Waals surface area contributed by atoms with Crippen LogP contribution in [0.5, 0.6) is 0 Å². The van der Waals surface area contributed by atoms with Crippen molar-refractivity contribution in [3.8, 4) is 0 Å². The van der Waals surface area contributed by atoms with Crippen molar-refractivity contribution < 1.29 is 17.2 Å². The molecule has 0 radical (unpaired) electrons. The standard InChI is InChI=1S/C13H17F2N5O2S/c1-3-20-7-10(11(17-20)8-4-5-8)23(21,22)18-9-6-19(2)16-12(9)13(14)15/h6-8,13,18H,3-5H2,1-2H3. The van der Waals surface area contributed by atoms with E-state index >= 15 is 0 Å². The van der Waals surface area contributed by atoms with Crippen LogP contribution in [-0.4, -0.2) is 28.0 Å². The summed E-state index contributed by atoms with van der Waals surface area (Å²) in [5.41, 5.74) is -0.303. The lowest BCUT2D eigenvalue weighted by Gasteiger charge is -2.07. The minimum Gasteiger partial charge on any atom is -0.276 e. The van der Waals surface area contributed by atoms with Crippen LogP contribution in [0.3, 0.4) is 0 Å². The second-order valence-corrected chi connectivity index (χ2v) is 7.17. The minimum absolute atomic E-state index is 0.0471. The topological polar surface area (TPSA) is 81.8 Å². The van der Waals surface area contributed by atoms with Crippen LogP contribution in [0.2, 0.25) is 0 Å². The third-order valence-corrected chi connectivity index (χ3v) is 5.02. The second-order valence-electron chi connectivity index (χ2n) is 5.52. The van der Waals surface area contributed by atoms with Gasteiger partial charge in [0.1, 0.15) is 4.90 Å². The van der Waals surface area contributed by atoms with Crippen molar-refractivity contribution in [2.24, 2.45) is 7.05 Å². The van der Waals surface area contributed by atoms with Gasteiger partial charge in [0.25, 0.3) is 16.4 Å². The highest BCUT2D eigenvalue weighted by atomic mass is 32.2. The normalized spacial score (nSPS) is 15.3. The van der Waals surface area contributed by atoms with Crippen LogP contribution < -0.4 is 4.72 Å². The zero-order valence-electron chi connectivity index (χ0n) is 12.7. The molecule has 0 spiro atoms. The number of aromatic nitrogens is 4. The molecule has 0 amide bonds. The monoisotopic (exact) mass is 345 g/mol. The molecular formula is C13H17F2N5O2S. The molecule has 1 aliphatic rings. The molecule has 2 heterocycles. The molecule has 1 saturated carbocycles. The smallest absolute Gasteiger partial charge is 0.276 e. The lowest BCUT2D eigenvalue weighted by molar-refractivity contribution is 0.146. The quantitative estimate of drug-likeness (QED) is 0.871. The molecule has 3 rings (SSSR count). The van der Waals surface area contributed by atoms with E-state index in [0.29, 0.717) is 12.2 Å². The van der Waals surface area contributed by atoms with Gasteiger partial charge in [-0.3, -0.25) is 14.1 Å². The predicted molar refractivity (Wildman–Crippen MR) is 78.8 cm³/mol. The van der Waals surface area contributed by atoms with Crippen LogP contribution >= 0.6 is 0 Å². The Kier molecular flexibility index (Phi) is 3.86. The molecule has 0 aromatic carbocycles. The maximum absolute atomic E-state index is 13.0. The lowest BCUT2D eigenvalue weighted by atomic mass is 10.3. The molecule has 10 heteroatoms. The van der Waals surface area contributed by atoms with Crippen molar-refractivity contribution in [1.82, 2.24) is 19.6 Å². The number of hydrogen-bond acceptors (Lipinski definition) is 4. The van der Waals surface area contributed by atoms with E-state index in [0.717, 1.165) is 17.5 Å². The van der Waals surface area contributed by atoms with Gasteiger partial charge in [0.15, 0.2) is 5.69 Å². The Hall–Kier alpha value is -1.97. The Labute approximate surface area is 132 Å². The average molecular weight is 345 g/mol. The van der Waals surface area contributed by atoms with Crippen molar-refractivity contribution in [3.05, 3.63) is 23.8 Å². The Morgan fingerprint density at radius 1 is 1.35 bits per heavy atom. The second kappa shape index (κ2) is 5.59. The van der Waals surface area contributed by atoms with Gasteiger partial charge in [0.05, 0.1) is 11.4 Å². The van der Waals surface area contributed by atoms with Crippen LogP contribution in [0.1, 0.15) is 43.5 Å². The number of alkyl halides is 2. The molecule has 0 unspecified atom stereocenters. The van der Waals surface area contributed by atoms with Crippen LogP contribution in [0.15, 0.2) is 17.3 Å². The first-order valence-corrected chi connectivity index (χ1v) is 8.72. The molecule has 23 heavy (non-hydrogen) atoms. The number of anilines is 1. The van der Waals surface area contributed by atoms with Crippen molar-refractivity contribution in [2.75, 3.05) is 4.72 Å². The number of hydrogen-bond donors (Lipinski definition) is 1. The van der Waals surface area contributed by atoms with Gasteiger partial charge in [-0.25, -0.2) is 17.2 Å². The highest BCUT2D eigenvalue weighted by molar-refractivity contribution is 7.92. The van der Waals surface area contributed by atoms with Crippen molar-refractivity contribution >= 4 is 15.7 Å². The minimum atomic E-state index is -4.00. The van der Waals surface area contributed by atoms with E-state index < -0.39 is 22.1 Å². The zero-order chi connectivity index (χ0) is 16.8. The summed E-state index contributed by atoms with van der Waals surface area (Å²) in [6.45, 7) is 2.38. The van der Waals surface area contributed by atoms with Crippen molar-refractivity contribution in [2.45, 2.75) is 43.5 Å². The first-order chi connectivity index (χ1) is 10.8. The summed E-state index contributed by atoms with van der Waals surface area (Å²) in [4.78, 5) is 0.0471. The fourth-order valence-corrected chi connectivity index (χ4v) is 3.67. The third kappa shape index (κ3) is 3.07. The average Bonchev–Trinajstić information content (AvgIpc) is 3.10. The number of nitrogens with one attached hydrogen (secondary N) is 1. The van der Waals surface area contributed by atoms with Gasteiger partial charge < -0.3 is 0 Å². The van der Waals surface area contributed by atoms with Gasteiger partial charge in [-0.15, -0.1) is 0 Å². The highest BCUT2D eigenvalue weighted by Crippen LogP contribution is 2.42. The Bertz CT molecular complexity index is 824. The van der Waals surface area contributed by atoms with Crippen molar-refractivity contribution in [1.29, 1.82) is 0 Å². The van der Waals surface area contributed by atoms with Gasteiger partial charge in [-0.2, -0.15) is 10.2 Å². The largest absolute Gasteiger partial charge is 0.284 e. The van der Waals surface area contributed by atoms with E-state index in [1.165, 1.54) is 19.4 Å². The van der Waals surface area contributed by atoms with Gasteiger partial charge in [0.2, 0.25) is 0 Å². The first-order valence-electron chi connectivity index (χ1n) is 7.23. The highest BCUT2D eigenvalue weighted by Gasteiger charge is 2.34. The van der Waals surface area contributed by atoms with Crippen LogP contribution in [0.25, 0.3) is 0 Å². The number of rotatable bonds is 6. The molecule has 2 aromatic rings. The van der Waals surface area contributed by atoms with Gasteiger partial charge in [0, 0.05) is 31.9 Å². The van der Waals surface area contributed by atoms with Crippen LogP contribution in [0, 0.1) is 0 Å². The number of nitrogens with zero attached hydrogens (tertiary/aromatic N) is 4. The molecular weight excluding hydrogens is 328 g/mol. The molecule has 1 N–H and O–H groups in total. The summed E-state index contributed by atoms with van der Waals surface area (Å²) < 4.78 is 56.1. The summed E-state index contributed by atoms with van der Waals surface area (Å²) in [5, 5.41) is 7.89. The van der Waals surface area contributed by atoms with Crippen LogP contribution in [0.4, 0.5) is 14.5 Å². The maximum Gasteiger partial charge on any atom is 0.284 e. The zero-order valence-corrected chi connectivity index (χ0v) is 13.5. The Morgan fingerprint density at radius 2 is 2.04 bits per heavy atom. The summed E-state index contributed by atoms with van der Waals surface area (Å²) in [5.74, 6) is 0.123.